The monoisotopic (exact) mass is 415 g/mol. The van der Waals surface area contributed by atoms with Crippen LogP contribution >= 0.6 is 0 Å². The summed E-state index contributed by atoms with van der Waals surface area (Å²) >= 11 is 0. The SMILES string of the molecule is COc1ccc(CN(c2ccc(F)cc2)S(=O)(=O)c2ccccc2C)cc1OC. The predicted molar refractivity (Wildman–Crippen MR) is 110 cm³/mol. The highest BCUT2D eigenvalue weighted by atomic mass is 32.2. The Balaban J connectivity index is 2.09. The van der Waals surface area contributed by atoms with Crippen LogP contribution in [-0.2, 0) is 16.6 Å². The molecule has 0 amide bonds. The number of halogens is 1. The zero-order valence-corrected chi connectivity index (χ0v) is 17.2. The normalized spacial score (nSPS) is 11.2. The zero-order chi connectivity index (χ0) is 21.0. The lowest BCUT2D eigenvalue weighted by Crippen LogP contribution is -2.31. The summed E-state index contributed by atoms with van der Waals surface area (Å²) in [4.78, 5) is 0.199. The summed E-state index contributed by atoms with van der Waals surface area (Å²) in [6.07, 6.45) is 0. The maximum atomic E-state index is 13.5. The molecule has 0 saturated heterocycles. The third-order valence-corrected chi connectivity index (χ3v) is 6.48. The zero-order valence-electron chi connectivity index (χ0n) is 16.4. The fraction of sp³-hybridized carbons (Fsp3) is 0.182. The summed E-state index contributed by atoms with van der Waals surface area (Å²) < 4.78 is 52.3. The standard InChI is InChI=1S/C22H22FNO4S/c1-16-6-4-5-7-22(16)29(25,26)24(19-11-9-18(23)10-12-19)15-17-8-13-20(27-2)21(14-17)28-3/h4-14H,15H2,1-3H3. The second-order valence-electron chi connectivity index (χ2n) is 6.44. The van der Waals surface area contributed by atoms with E-state index in [2.05, 4.69) is 0 Å². The van der Waals surface area contributed by atoms with E-state index in [1.54, 1.807) is 49.4 Å². The molecule has 152 valence electrons. The average molecular weight is 415 g/mol. The Hall–Kier alpha value is -3.06. The summed E-state index contributed by atoms with van der Waals surface area (Å²) in [5, 5.41) is 0. The van der Waals surface area contributed by atoms with Crippen LogP contribution in [0, 0.1) is 12.7 Å². The maximum Gasteiger partial charge on any atom is 0.264 e. The van der Waals surface area contributed by atoms with Gasteiger partial charge in [-0.3, -0.25) is 4.31 Å². The lowest BCUT2D eigenvalue weighted by molar-refractivity contribution is 0.354. The highest BCUT2D eigenvalue weighted by molar-refractivity contribution is 7.92. The molecule has 3 aromatic rings. The Labute approximate surface area is 170 Å². The maximum absolute atomic E-state index is 13.5. The Morgan fingerprint density at radius 3 is 2.17 bits per heavy atom. The molecule has 0 aliphatic rings. The Bertz CT molecular complexity index is 1100. The number of rotatable bonds is 7. The van der Waals surface area contributed by atoms with Crippen LogP contribution in [0.5, 0.6) is 11.5 Å². The molecule has 5 nitrogen and oxygen atoms in total. The van der Waals surface area contributed by atoms with Gasteiger partial charge in [0.1, 0.15) is 5.82 Å². The summed E-state index contributed by atoms with van der Waals surface area (Å²) in [6, 6.07) is 17.4. The number of benzene rings is 3. The number of nitrogens with zero attached hydrogens (tertiary/aromatic N) is 1. The van der Waals surface area contributed by atoms with Crippen LogP contribution in [0.25, 0.3) is 0 Å². The van der Waals surface area contributed by atoms with Crippen molar-refractivity contribution in [2.24, 2.45) is 0 Å². The summed E-state index contributed by atoms with van der Waals surface area (Å²) in [7, 11) is -0.842. The van der Waals surface area contributed by atoms with Crippen molar-refractivity contribution in [3.63, 3.8) is 0 Å². The molecule has 7 heteroatoms. The molecule has 0 unspecified atom stereocenters. The highest BCUT2D eigenvalue weighted by Gasteiger charge is 2.27. The first-order valence-electron chi connectivity index (χ1n) is 8.91. The molecule has 0 atom stereocenters. The predicted octanol–water partition coefficient (Wildman–Crippen LogP) is 4.55. The summed E-state index contributed by atoms with van der Waals surface area (Å²) in [6.45, 7) is 1.79. The second kappa shape index (κ2) is 8.53. The van der Waals surface area contributed by atoms with E-state index in [0.717, 1.165) is 0 Å². The third-order valence-electron chi connectivity index (χ3n) is 4.55. The van der Waals surface area contributed by atoms with E-state index in [1.807, 2.05) is 0 Å². The molecule has 0 aliphatic heterocycles. The molecule has 0 aromatic heterocycles. The van der Waals surface area contributed by atoms with Crippen LogP contribution in [0.3, 0.4) is 0 Å². The van der Waals surface area contributed by atoms with Gasteiger partial charge in [0.05, 0.1) is 31.3 Å². The molecule has 0 spiro atoms. The molecule has 0 radical (unpaired) electrons. The molecule has 0 aliphatic carbocycles. The van der Waals surface area contributed by atoms with Gasteiger partial charge in [0.2, 0.25) is 0 Å². The molecular weight excluding hydrogens is 393 g/mol. The van der Waals surface area contributed by atoms with Crippen LogP contribution in [0.4, 0.5) is 10.1 Å². The number of hydrogen-bond acceptors (Lipinski definition) is 4. The van der Waals surface area contributed by atoms with Gasteiger partial charge in [0.25, 0.3) is 10.0 Å². The Morgan fingerprint density at radius 1 is 0.897 bits per heavy atom. The second-order valence-corrected chi connectivity index (χ2v) is 8.27. The van der Waals surface area contributed by atoms with Gasteiger partial charge in [-0.2, -0.15) is 0 Å². The first-order valence-corrected chi connectivity index (χ1v) is 10.4. The minimum Gasteiger partial charge on any atom is -0.493 e. The van der Waals surface area contributed by atoms with Gasteiger partial charge in [0.15, 0.2) is 11.5 Å². The molecule has 0 N–H and O–H groups in total. The molecule has 29 heavy (non-hydrogen) atoms. The van der Waals surface area contributed by atoms with E-state index < -0.39 is 15.8 Å². The minimum atomic E-state index is -3.89. The van der Waals surface area contributed by atoms with Crippen molar-refractivity contribution in [1.29, 1.82) is 0 Å². The van der Waals surface area contributed by atoms with E-state index in [1.165, 1.54) is 42.8 Å². The minimum absolute atomic E-state index is 0.0443. The highest BCUT2D eigenvalue weighted by Crippen LogP contribution is 2.31. The van der Waals surface area contributed by atoms with Crippen molar-refractivity contribution < 1.29 is 22.3 Å². The third kappa shape index (κ3) is 4.35. The van der Waals surface area contributed by atoms with Crippen LogP contribution in [0.15, 0.2) is 71.6 Å². The average Bonchev–Trinajstić information content (AvgIpc) is 2.72. The van der Waals surface area contributed by atoms with Crippen LogP contribution in [0.2, 0.25) is 0 Å². The number of methoxy groups -OCH3 is 2. The number of sulfonamides is 1. The quantitative estimate of drug-likeness (QED) is 0.568. The topological polar surface area (TPSA) is 55.8 Å². The van der Waals surface area contributed by atoms with Crippen molar-refractivity contribution in [3.05, 3.63) is 83.7 Å². The van der Waals surface area contributed by atoms with Crippen molar-refractivity contribution in [1.82, 2.24) is 0 Å². The van der Waals surface area contributed by atoms with Crippen molar-refractivity contribution in [2.75, 3.05) is 18.5 Å². The van der Waals surface area contributed by atoms with Crippen molar-refractivity contribution in [3.8, 4) is 11.5 Å². The van der Waals surface area contributed by atoms with Gasteiger partial charge in [-0.15, -0.1) is 0 Å². The van der Waals surface area contributed by atoms with Gasteiger partial charge in [0, 0.05) is 0 Å². The van der Waals surface area contributed by atoms with E-state index in [9.17, 15) is 12.8 Å². The lowest BCUT2D eigenvalue weighted by Gasteiger charge is -2.26. The molecule has 3 rings (SSSR count). The van der Waals surface area contributed by atoms with E-state index >= 15 is 0 Å². The van der Waals surface area contributed by atoms with Gasteiger partial charge in [-0.05, 0) is 60.5 Å². The van der Waals surface area contributed by atoms with E-state index in [4.69, 9.17) is 9.47 Å². The molecule has 0 fully saturated rings. The number of anilines is 1. The van der Waals surface area contributed by atoms with Gasteiger partial charge in [-0.1, -0.05) is 24.3 Å². The summed E-state index contributed by atoms with van der Waals surface area (Å²) in [5.41, 5.74) is 1.69. The Kier molecular flexibility index (Phi) is 6.08. The number of aryl methyl sites for hydroxylation is 1. The fourth-order valence-corrected chi connectivity index (χ4v) is 4.71. The Morgan fingerprint density at radius 2 is 1.55 bits per heavy atom. The smallest absolute Gasteiger partial charge is 0.264 e. The van der Waals surface area contributed by atoms with Crippen LogP contribution < -0.4 is 13.8 Å². The number of hydrogen-bond donors (Lipinski definition) is 0. The van der Waals surface area contributed by atoms with Crippen LogP contribution in [0.1, 0.15) is 11.1 Å². The molecular formula is C22H22FNO4S. The fourth-order valence-electron chi connectivity index (χ4n) is 3.03. The van der Waals surface area contributed by atoms with Gasteiger partial charge < -0.3 is 9.47 Å². The lowest BCUT2D eigenvalue weighted by atomic mass is 10.2. The van der Waals surface area contributed by atoms with E-state index in [0.29, 0.717) is 28.3 Å². The first kappa shape index (κ1) is 20.7. The van der Waals surface area contributed by atoms with Gasteiger partial charge in [-0.25, -0.2) is 12.8 Å². The number of ether oxygens (including phenoxy) is 2. The summed E-state index contributed by atoms with van der Waals surface area (Å²) in [5.74, 6) is 0.608. The van der Waals surface area contributed by atoms with Crippen LogP contribution in [-0.4, -0.2) is 22.6 Å². The van der Waals surface area contributed by atoms with Crippen molar-refractivity contribution >= 4 is 15.7 Å². The largest absolute Gasteiger partial charge is 0.493 e. The first-order chi connectivity index (χ1) is 13.9. The molecule has 0 bridgehead atoms. The molecule has 0 heterocycles. The van der Waals surface area contributed by atoms with Gasteiger partial charge >= 0.3 is 0 Å². The van der Waals surface area contributed by atoms with E-state index in [-0.39, 0.29) is 11.4 Å². The molecule has 0 saturated carbocycles. The van der Waals surface area contributed by atoms with Crippen molar-refractivity contribution in [2.45, 2.75) is 18.4 Å². The molecule has 3 aromatic carbocycles.